The van der Waals surface area contributed by atoms with E-state index in [1.54, 1.807) is 0 Å². The van der Waals surface area contributed by atoms with E-state index in [0.717, 1.165) is 38.9 Å². The van der Waals surface area contributed by atoms with Crippen LogP contribution in [0.3, 0.4) is 0 Å². The van der Waals surface area contributed by atoms with Crippen molar-refractivity contribution in [1.82, 2.24) is 35.8 Å². The van der Waals surface area contributed by atoms with Gasteiger partial charge in [-0.1, -0.05) is 0 Å². The molecule has 3 aliphatic rings. The lowest BCUT2D eigenvalue weighted by molar-refractivity contribution is -0.144. The van der Waals surface area contributed by atoms with Gasteiger partial charge in [-0.25, -0.2) is 15.0 Å². The molecule has 0 amide bonds. The van der Waals surface area contributed by atoms with Gasteiger partial charge >= 0.3 is 17.9 Å². The van der Waals surface area contributed by atoms with Crippen molar-refractivity contribution in [2.75, 3.05) is 39.3 Å². The third-order valence-electron chi connectivity index (χ3n) is 10.1. The Morgan fingerprint density at radius 3 is 1.16 bits per heavy atom. The average Bonchev–Trinajstić information content (AvgIpc) is 3.91. The minimum Gasteiger partial charge on any atom is -0.481 e. The maximum absolute atomic E-state index is 12.0. The number of carboxylic acid groups (broad SMARTS) is 3. The third kappa shape index (κ3) is 9.12. The van der Waals surface area contributed by atoms with Crippen LogP contribution in [0.1, 0.15) is 54.0 Å². The molecule has 6 N–H and O–H groups in total. The number of nitrogens with one attached hydrogen (secondary N) is 3. The summed E-state index contributed by atoms with van der Waals surface area (Å²) in [6.07, 6.45) is 7.61. The van der Waals surface area contributed by atoms with Crippen LogP contribution in [0.4, 0.5) is 0 Å². The second-order valence-corrected chi connectivity index (χ2v) is 13.5. The Bertz CT molecular complexity index is 1370. The molecule has 0 aliphatic carbocycles. The van der Waals surface area contributed by atoms with Gasteiger partial charge < -0.3 is 44.5 Å². The van der Waals surface area contributed by atoms with Crippen molar-refractivity contribution >= 4 is 17.9 Å². The summed E-state index contributed by atoms with van der Waals surface area (Å²) >= 11 is 0. The molecule has 0 radical (unpaired) electrons. The van der Waals surface area contributed by atoms with Gasteiger partial charge in [0.2, 0.25) is 17.7 Å². The maximum Gasteiger partial charge on any atom is 0.307 e. The van der Waals surface area contributed by atoms with Crippen LogP contribution >= 0.6 is 0 Å². The summed E-state index contributed by atoms with van der Waals surface area (Å²) in [5.74, 6) is -3.17. The SMILES string of the molecule is O=C(O)[C@@H](Cc1coc(CN(Cc2nc(C[C@H](C(=O)O)[C@H]3CCNC3)co2)Cc2nc(C[C@H](C(=O)O)[C@H]3CCNC3)co2)n1)[C@H]1CCNC1. The first-order chi connectivity index (χ1) is 23.7. The van der Waals surface area contributed by atoms with Crippen molar-refractivity contribution < 1.29 is 43.0 Å². The molecule has 16 heteroatoms. The predicted molar refractivity (Wildman–Crippen MR) is 170 cm³/mol. The van der Waals surface area contributed by atoms with E-state index in [0.29, 0.717) is 54.4 Å². The fourth-order valence-electron chi connectivity index (χ4n) is 7.39. The molecule has 3 aromatic heterocycles. The summed E-state index contributed by atoms with van der Waals surface area (Å²) in [4.78, 5) is 51.8. The van der Waals surface area contributed by atoms with Crippen LogP contribution in [-0.2, 0) is 53.3 Å². The van der Waals surface area contributed by atoms with Crippen LogP contribution in [0.25, 0.3) is 0 Å². The molecule has 3 aliphatic heterocycles. The maximum atomic E-state index is 12.0. The molecule has 0 bridgehead atoms. The Morgan fingerprint density at radius 2 is 0.918 bits per heavy atom. The lowest BCUT2D eigenvalue weighted by Crippen LogP contribution is -2.28. The third-order valence-corrected chi connectivity index (χ3v) is 10.1. The Balaban J connectivity index is 1.16. The zero-order valence-electron chi connectivity index (χ0n) is 27.4. The largest absolute Gasteiger partial charge is 0.481 e. The molecular weight excluding hydrogens is 638 g/mol. The summed E-state index contributed by atoms with van der Waals surface area (Å²) in [6.45, 7) is 4.91. The fraction of sp³-hybridized carbons (Fsp3) is 0.636. The van der Waals surface area contributed by atoms with Crippen molar-refractivity contribution in [2.24, 2.45) is 35.5 Å². The predicted octanol–water partition coefficient (Wildman–Crippen LogP) is 1.41. The molecule has 49 heavy (non-hydrogen) atoms. The average molecular weight is 684 g/mol. The number of carboxylic acids is 3. The van der Waals surface area contributed by atoms with Gasteiger partial charge in [0, 0.05) is 19.3 Å². The Kier molecular flexibility index (Phi) is 11.4. The number of hydrogen-bond donors (Lipinski definition) is 6. The second-order valence-electron chi connectivity index (χ2n) is 13.5. The van der Waals surface area contributed by atoms with Gasteiger partial charge in [-0.3, -0.25) is 19.3 Å². The molecule has 0 unspecified atom stereocenters. The zero-order valence-corrected chi connectivity index (χ0v) is 27.4. The van der Waals surface area contributed by atoms with Crippen molar-refractivity contribution in [3.8, 4) is 0 Å². The van der Waals surface area contributed by atoms with Crippen molar-refractivity contribution in [1.29, 1.82) is 0 Å². The van der Waals surface area contributed by atoms with Crippen molar-refractivity contribution in [3.05, 3.63) is 53.5 Å². The van der Waals surface area contributed by atoms with E-state index in [1.807, 2.05) is 4.90 Å². The number of carbonyl (C=O) groups is 3. The molecule has 266 valence electrons. The highest BCUT2D eigenvalue weighted by Gasteiger charge is 2.34. The molecule has 6 atom stereocenters. The normalized spacial score (nSPS) is 22.8. The minimum absolute atomic E-state index is 0.0175. The first-order valence-corrected chi connectivity index (χ1v) is 17.0. The molecule has 16 nitrogen and oxygen atoms in total. The highest BCUT2D eigenvalue weighted by molar-refractivity contribution is 5.71. The van der Waals surface area contributed by atoms with Crippen LogP contribution in [0, 0.1) is 35.5 Å². The topological polar surface area (TPSA) is 229 Å². The molecular formula is C33H45N7O9. The Hall–Kier alpha value is -4.12. The minimum atomic E-state index is -0.858. The summed E-state index contributed by atoms with van der Waals surface area (Å²) in [5, 5.41) is 39.3. The van der Waals surface area contributed by atoms with E-state index in [4.69, 9.17) is 13.3 Å². The molecule has 3 fully saturated rings. The molecule has 0 saturated carbocycles. The van der Waals surface area contributed by atoms with E-state index in [9.17, 15) is 29.7 Å². The second kappa shape index (κ2) is 16.1. The molecule has 3 saturated heterocycles. The van der Waals surface area contributed by atoms with Gasteiger partial charge in [-0.15, -0.1) is 0 Å². The lowest BCUT2D eigenvalue weighted by Gasteiger charge is -2.18. The van der Waals surface area contributed by atoms with Gasteiger partial charge in [0.1, 0.15) is 18.8 Å². The number of nitrogens with zero attached hydrogens (tertiary/aromatic N) is 4. The monoisotopic (exact) mass is 683 g/mol. The van der Waals surface area contributed by atoms with Gasteiger partial charge in [0.05, 0.1) is 54.5 Å². The molecule has 6 heterocycles. The van der Waals surface area contributed by atoms with Crippen LogP contribution < -0.4 is 16.0 Å². The van der Waals surface area contributed by atoms with Crippen molar-refractivity contribution in [3.63, 3.8) is 0 Å². The standard InChI is InChI=1S/C33H45N7O9/c41-31(42)25(19-1-4-34-10-19)7-22-16-47-28(37-22)13-40(14-29-38-23(17-48-29)8-26(32(43)44)20-2-5-35-11-20)15-30-39-24(18-49-30)9-27(33(45)46)21-3-6-36-12-21/h16-21,25-27,34-36H,1-15H2,(H,41,42)(H,43,44)(H,45,46)/t19-,20-,21-,25-,26-,27-/m0/s1. The van der Waals surface area contributed by atoms with Crippen LogP contribution in [0.15, 0.2) is 32.0 Å². The summed E-state index contributed by atoms with van der Waals surface area (Å²) in [5.41, 5.74) is 1.65. The summed E-state index contributed by atoms with van der Waals surface area (Å²) < 4.78 is 17.4. The van der Waals surface area contributed by atoms with Gasteiger partial charge in [0.25, 0.3) is 0 Å². The first kappa shape index (κ1) is 34.7. The molecule has 6 rings (SSSR count). The number of aliphatic carboxylic acids is 3. The summed E-state index contributed by atoms with van der Waals surface area (Å²) in [6, 6.07) is 0. The number of rotatable bonds is 18. The smallest absolute Gasteiger partial charge is 0.307 e. The molecule has 0 aromatic carbocycles. The van der Waals surface area contributed by atoms with E-state index in [-0.39, 0.29) is 56.7 Å². The zero-order chi connectivity index (χ0) is 34.3. The quantitative estimate of drug-likeness (QED) is 0.111. The lowest BCUT2D eigenvalue weighted by atomic mass is 9.88. The van der Waals surface area contributed by atoms with E-state index < -0.39 is 35.7 Å². The van der Waals surface area contributed by atoms with Crippen LogP contribution in [-0.4, -0.2) is 92.3 Å². The Morgan fingerprint density at radius 1 is 0.612 bits per heavy atom. The van der Waals surface area contributed by atoms with Crippen LogP contribution in [0.5, 0.6) is 0 Å². The molecule has 0 spiro atoms. The Labute approximate surface area is 283 Å². The van der Waals surface area contributed by atoms with E-state index >= 15 is 0 Å². The highest BCUT2D eigenvalue weighted by Crippen LogP contribution is 2.27. The van der Waals surface area contributed by atoms with Crippen molar-refractivity contribution in [2.45, 2.75) is 58.2 Å². The van der Waals surface area contributed by atoms with Gasteiger partial charge in [-0.2, -0.15) is 0 Å². The van der Waals surface area contributed by atoms with E-state index in [1.165, 1.54) is 18.8 Å². The number of aromatic nitrogens is 3. The van der Waals surface area contributed by atoms with Crippen LogP contribution in [0.2, 0.25) is 0 Å². The van der Waals surface area contributed by atoms with Gasteiger partial charge in [-0.05, 0) is 76.3 Å². The highest BCUT2D eigenvalue weighted by atomic mass is 16.4. The number of hydrogen-bond acceptors (Lipinski definition) is 13. The molecule has 3 aromatic rings. The summed E-state index contributed by atoms with van der Waals surface area (Å²) in [7, 11) is 0. The fourth-order valence-corrected chi connectivity index (χ4v) is 7.39. The van der Waals surface area contributed by atoms with Gasteiger partial charge in [0.15, 0.2) is 0 Å². The van der Waals surface area contributed by atoms with E-state index in [2.05, 4.69) is 30.9 Å². The first-order valence-electron chi connectivity index (χ1n) is 17.0. The number of oxazole rings is 3.